The average molecular weight is 353 g/mol. The minimum Gasteiger partial charge on any atom is -0.506 e. The number of halogens is 1. The van der Waals surface area contributed by atoms with Gasteiger partial charge in [0.25, 0.3) is 5.91 Å². The minimum atomic E-state index is -0.231. The van der Waals surface area contributed by atoms with E-state index < -0.39 is 0 Å². The SMILES string of the molecule is Cc1ccc(NC(=O)c2ccc(I)cc2)c(O)c1. The molecule has 0 heterocycles. The second-order valence-corrected chi connectivity index (χ2v) is 5.23. The van der Waals surface area contributed by atoms with Gasteiger partial charge in [-0.15, -0.1) is 0 Å². The molecule has 2 aromatic rings. The van der Waals surface area contributed by atoms with E-state index in [4.69, 9.17) is 0 Å². The number of anilines is 1. The summed E-state index contributed by atoms with van der Waals surface area (Å²) in [6.45, 7) is 1.88. The van der Waals surface area contributed by atoms with Crippen molar-refractivity contribution in [1.82, 2.24) is 0 Å². The fourth-order valence-corrected chi connectivity index (χ4v) is 1.90. The van der Waals surface area contributed by atoms with Crippen LogP contribution in [-0.2, 0) is 0 Å². The van der Waals surface area contributed by atoms with Gasteiger partial charge in [0.1, 0.15) is 5.75 Å². The molecular formula is C14H12INO2. The highest BCUT2D eigenvalue weighted by Gasteiger charge is 2.08. The van der Waals surface area contributed by atoms with Crippen molar-refractivity contribution in [2.24, 2.45) is 0 Å². The summed E-state index contributed by atoms with van der Waals surface area (Å²) in [4.78, 5) is 11.9. The van der Waals surface area contributed by atoms with E-state index in [0.29, 0.717) is 11.3 Å². The summed E-state index contributed by atoms with van der Waals surface area (Å²) < 4.78 is 1.07. The number of aryl methyl sites for hydroxylation is 1. The quantitative estimate of drug-likeness (QED) is 0.641. The molecular weight excluding hydrogens is 341 g/mol. The van der Waals surface area contributed by atoms with E-state index in [-0.39, 0.29) is 11.7 Å². The standard InChI is InChI=1S/C14H12INO2/c1-9-2-7-12(13(17)8-9)16-14(18)10-3-5-11(15)6-4-10/h2-8,17H,1H3,(H,16,18). The van der Waals surface area contributed by atoms with Crippen LogP contribution in [0.1, 0.15) is 15.9 Å². The first kappa shape index (κ1) is 12.9. The largest absolute Gasteiger partial charge is 0.506 e. The molecule has 0 spiro atoms. The lowest BCUT2D eigenvalue weighted by molar-refractivity contribution is 0.102. The summed E-state index contributed by atoms with van der Waals surface area (Å²) in [6, 6.07) is 12.4. The number of carbonyl (C=O) groups excluding carboxylic acids is 1. The molecule has 0 atom stereocenters. The zero-order chi connectivity index (χ0) is 13.1. The Bertz CT molecular complexity index is 579. The van der Waals surface area contributed by atoms with Crippen molar-refractivity contribution in [1.29, 1.82) is 0 Å². The average Bonchev–Trinajstić information content (AvgIpc) is 2.33. The molecule has 0 bridgehead atoms. The highest BCUT2D eigenvalue weighted by molar-refractivity contribution is 14.1. The number of hydrogen-bond donors (Lipinski definition) is 2. The van der Waals surface area contributed by atoms with Crippen LogP contribution in [0.4, 0.5) is 5.69 Å². The first-order valence-corrected chi connectivity index (χ1v) is 6.50. The smallest absolute Gasteiger partial charge is 0.255 e. The molecule has 0 aliphatic heterocycles. The molecule has 2 N–H and O–H groups in total. The zero-order valence-electron chi connectivity index (χ0n) is 9.77. The number of carbonyl (C=O) groups is 1. The van der Waals surface area contributed by atoms with Crippen LogP contribution in [0.2, 0.25) is 0 Å². The minimum absolute atomic E-state index is 0.0776. The normalized spacial score (nSPS) is 10.1. The van der Waals surface area contributed by atoms with Crippen molar-refractivity contribution in [3.05, 3.63) is 57.2 Å². The highest BCUT2D eigenvalue weighted by atomic mass is 127. The lowest BCUT2D eigenvalue weighted by Gasteiger charge is -2.08. The Hall–Kier alpha value is -1.56. The predicted octanol–water partition coefficient (Wildman–Crippen LogP) is 3.56. The molecule has 2 aromatic carbocycles. The summed E-state index contributed by atoms with van der Waals surface area (Å²) in [6.07, 6.45) is 0. The molecule has 92 valence electrons. The van der Waals surface area contributed by atoms with Crippen LogP contribution in [0.3, 0.4) is 0 Å². The van der Waals surface area contributed by atoms with Crippen molar-refractivity contribution in [2.75, 3.05) is 5.32 Å². The molecule has 0 fully saturated rings. The molecule has 0 aliphatic rings. The van der Waals surface area contributed by atoms with Gasteiger partial charge in [-0.1, -0.05) is 6.07 Å². The van der Waals surface area contributed by atoms with Gasteiger partial charge in [-0.05, 0) is 71.5 Å². The summed E-state index contributed by atoms with van der Waals surface area (Å²) in [7, 11) is 0. The van der Waals surface area contributed by atoms with E-state index >= 15 is 0 Å². The van der Waals surface area contributed by atoms with Crippen LogP contribution >= 0.6 is 22.6 Å². The molecule has 0 aliphatic carbocycles. The van der Waals surface area contributed by atoms with Crippen LogP contribution < -0.4 is 5.32 Å². The Balaban J connectivity index is 2.18. The van der Waals surface area contributed by atoms with Crippen LogP contribution in [0.25, 0.3) is 0 Å². The molecule has 2 rings (SSSR count). The molecule has 0 saturated heterocycles. The van der Waals surface area contributed by atoms with Gasteiger partial charge >= 0.3 is 0 Å². The van der Waals surface area contributed by atoms with Crippen LogP contribution in [0.15, 0.2) is 42.5 Å². The van der Waals surface area contributed by atoms with Crippen LogP contribution in [0.5, 0.6) is 5.75 Å². The first-order chi connectivity index (χ1) is 8.56. The summed E-state index contributed by atoms with van der Waals surface area (Å²) in [5, 5.41) is 12.4. The third kappa shape index (κ3) is 3.01. The van der Waals surface area contributed by atoms with Crippen LogP contribution in [-0.4, -0.2) is 11.0 Å². The van der Waals surface area contributed by atoms with E-state index in [1.165, 1.54) is 0 Å². The van der Waals surface area contributed by atoms with Crippen molar-refractivity contribution in [3.8, 4) is 5.75 Å². The maximum Gasteiger partial charge on any atom is 0.255 e. The lowest BCUT2D eigenvalue weighted by atomic mass is 10.2. The van der Waals surface area contributed by atoms with Gasteiger partial charge < -0.3 is 10.4 Å². The number of phenols is 1. The van der Waals surface area contributed by atoms with Gasteiger partial charge in [0, 0.05) is 9.13 Å². The zero-order valence-corrected chi connectivity index (χ0v) is 11.9. The van der Waals surface area contributed by atoms with E-state index in [1.807, 2.05) is 25.1 Å². The van der Waals surface area contributed by atoms with E-state index in [9.17, 15) is 9.90 Å². The Kier molecular flexibility index (Phi) is 3.86. The van der Waals surface area contributed by atoms with Crippen molar-refractivity contribution in [2.45, 2.75) is 6.92 Å². The number of benzene rings is 2. The molecule has 0 aromatic heterocycles. The van der Waals surface area contributed by atoms with Crippen molar-refractivity contribution >= 4 is 34.2 Å². The first-order valence-electron chi connectivity index (χ1n) is 5.43. The second kappa shape index (κ2) is 5.39. The monoisotopic (exact) mass is 353 g/mol. The number of aromatic hydroxyl groups is 1. The van der Waals surface area contributed by atoms with E-state index in [1.54, 1.807) is 24.3 Å². The van der Waals surface area contributed by atoms with Crippen molar-refractivity contribution in [3.63, 3.8) is 0 Å². The molecule has 0 unspecified atom stereocenters. The van der Waals surface area contributed by atoms with Gasteiger partial charge in [-0.2, -0.15) is 0 Å². The number of amides is 1. The Morgan fingerprint density at radius 1 is 1.17 bits per heavy atom. The number of rotatable bonds is 2. The molecule has 0 saturated carbocycles. The predicted molar refractivity (Wildman–Crippen MR) is 80.0 cm³/mol. The van der Waals surface area contributed by atoms with E-state index in [0.717, 1.165) is 9.13 Å². The maximum absolute atomic E-state index is 11.9. The Morgan fingerprint density at radius 3 is 2.44 bits per heavy atom. The molecule has 3 nitrogen and oxygen atoms in total. The summed E-state index contributed by atoms with van der Waals surface area (Å²) in [5.74, 6) is -0.153. The lowest BCUT2D eigenvalue weighted by Crippen LogP contribution is -2.11. The second-order valence-electron chi connectivity index (χ2n) is 3.98. The molecule has 0 radical (unpaired) electrons. The van der Waals surface area contributed by atoms with Crippen LogP contribution in [0, 0.1) is 10.5 Å². The molecule has 1 amide bonds. The third-order valence-corrected chi connectivity index (χ3v) is 3.23. The van der Waals surface area contributed by atoms with Gasteiger partial charge in [-0.25, -0.2) is 0 Å². The van der Waals surface area contributed by atoms with Gasteiger partial charge in [0.05, 0.1) is 5.69 Å². The summed E-state index contributed by atoms with van der Waals surface area (Å²) >= 11 is 2.18. The van der Waals surface area contributed by atoms with Gasteiger partial charge in [-0.3, -0.25) is 4.79 Å². The Morgan fingerprint density at radius 2 is 1.83 bits per heavy atom. The third-order valence-electron chi connectivity index (χ3n) is 2.51. The maximum atomic E-state index is 11.9. The van der Waals surface area contributed by atoms with Crippen molar-refractivity contribution < 1.29 is 9.90 Å². The number of phenolic OH excluding ortho intramolecular Hbond substituents is 1. The fourth-order valence-electron chi connectivity index (χ4n) is 1.54. The van der Waals surface area contributed by atoms with E-state index in [2.05, 4.69) is 27.9 Å². The Labute approximate surface area is 119 Å². The fraction of sp³-hybridized carbons (Fsp3) is 0.0714. The summed E-state index contributed by atoms with van der Waals surface area (Å²) in [5.41, 5.74) is 1.93. The van der Waals surface area contributed by atoms with Gasteiger partial charge in [0.15, 0.2) is 0 Å². The highest BCUT2D eigenvalue weighted by Crippen LogP contribution is 2.24. The topological polar surface area (TPSA) is 49.3 Å². The molecule has 18 heavy (non-hydrogen) atoms. The van der Waals surface area contributed by atoms with Gasteiger partial charge in [0.2, 0.25) is 0 Å². The number of nitrogens with one attached hydrogen (secondary N) is 1. The number of hydrogen-bond acceptors (Lipinski definition) is 2. The molecule has 4 heteroatoms.